The molecule has 2 aromatic heterocycles. The summed E-state index contributed by atoms with van der Waals surface area (Å²) in [5, 5.41) is 5.50. The third-order valence-corrected chi connectivity index (χ3v) is 3.93. The average Bonchev–Trinajstić information content (AvgIpc) is 2.97. The Morgan fingerprint density at radius 2 is 2.28 bits per heavy atom. The highest BCUT2D eigenvalue weighted by atomic mass is 32.1. The van der Waals surface area contributed by atoms with E-state index in [9.17, 15) is 0 Å². The molecule has 2 heterocycles. The van der Waals surface area contributed by atoms with Crippen LogP contribution in [0, 0.1) is 6.92 Å². The molecule has 2 aromatic rings. The molecular formula is C14H21N3S. The van der Waals surface area contributed by atoms with Crippen LogP contribution in [0.15, 0.2) is 23.7 Å². The van der Waals surface area contributed by atoms with Crippen molar-refractivity contribution < 1.29 is 0 Å². The van der Waals surface area contributed by atoms with Gasteiger partial charge in [-0.1, -0.05) is 19.4 Å². The van der Waals surface area contributed by atoms with Gasteiger partial charge < -0.3 is 9.88 Å². The van der Waals surface area contributed by atoms with Gasteiger partial charge in [0.2, 0.25) is 5.95 Å². The SMILES string of the molecule is CCCC(c1cccs1)n1cc(C)nc1NCC. The molecule has 4 heteroatoms. The molecule has 18 heavy (non-hydrogen) atoms. The van der Waals surface area contributed by atoms with Crippen molar-refractivity contribution in [2.45, 2.75) is 39.7 Å². The molecule has 0 aromatic carbocycles. The van der Waals surface area contributed by atoms with Crippen molar-refractivity contribution in [3.8, 4) is 0 Å². The van der Waals surface area contributed by atoms with E-state index < -0.39 is 0 Å². The predicted octanol–water partition coefficient (Wildman–Crippen LogP) is 4.07. The van der Waals surface area contributed by atoms with E-state index in [0.29, 0.717) is 6.04 Å². The Kier molecular flexibility index (Phi) is 4.42. The normalized spacial score (nSPS) is 12.6. The lowest BCUT2D eigenvalue weighted by atomic mass is 10.1. The Balaban J connectivity index is 2.36. The summed E-state index contributed by atoms with van der Waals surface area (Å²) in [6.45, 7) is 7.29. The lowest BCUT2D eigenvalue weighted by molar-refractivity contribution is 0.545. The van der Waals surface area contributed by atoms with Crippen molar-refractivity contribution in [2.24, 2.45) is 0 Å². The monoisotopic (exact) mass is 263 g/mol. The third kappa shape index (κ3) is 2.75. The number of thiophene rings is 1. The van der Waals surface area contributed by atoms with Gasteiger partial charge in [-0.05, 0) is 31.7 Å². The number of rotatable bonds is 6. The van der Waals surface area contributed by atoms with Crippen LogP contribution in [0.25, 0.3) is 0 Å². The maximum absolute atomic E-state index is 4.57. The Morgan fingerprint density at radius 1 is 1.44 bits per heavy atom. The van der Waals surface area contributed by atoms with E-state index in [1.165, 1.54) is 11.3 Å². The molecule has 2 rings (SSSR count). The fourth-order valence-electron chi connectivity index (χ4n) is 2.22. The highest BCUT2D eigenvalue weighted by Gasteiger charge is 2.17. The summed E-state index contributed by atoms with van der Waals surface area (Å²) in [6, 6.07) is 4.75. The van der Waals surface area contributed by atoms with Gasteiger partial charge in [-0.25, -0.2) is 4.98 Å². The molecule has 0 saturated carbocycles. The van der Waals surface area contributed by atoms with Crippen LogP contribution in [0.4, 0.5) is 5.95 Å². The molecule has 0 aliphatic rings. The van der Waals surface area contributed by atoms with E-state index in [1.807, 2.05) is 11.3 Å². The van der Waals surface area contributed by atoms with Crippen LogP contribution in [-0.2, 0) is 0 Å². The van der Waals surface area contributed by atoms with Crippen molar-refractivity contribution in [3.05, 3.63) is 34.3 Å². The van der Waals surface area contributed by atoms with Crippen LogP contribution < -0.4 is 5.32 Å². The van der Waals surface area contributed by atoms with E-state index in [2.05, 4.69) is 59.3 Å². The first-order valence-corrected chi connectivity index (χ1v) is 7.47. The first-order chi connectivity index (χ1) is 8.76. The number of aryl methyl sites for hydroxylation is 1. The smallest absolute Gasteiger partial charge is 0.203 e. The Morgan fingerprint density at radius 3 is 2.89 bits per heavy atom. The molecule has 1 atom stereocenters. The zero-order valence-corrected chi connectivity index (χ0v) is 12.1. The van der Waals surface area contributed by atoms with Gasteiger partial charge in [-0.3, -0.25) is 0 Å². The summed E-state index contributed by atoms with van der Waals surface area (Å²) in [6.07, 6.45) is 4.47. The number of anilines is 1. The Bertz CT molecular complexity index is 473. The Hall–Kier alpha value is -1.29. The van der Waals surface area contributed by atoms with E-state index in [0.717, 1.165) is 24.6 Å². The fraction of sp³-hybridized carbons (Fsp3) is 0.500. The summed E-state index contributed by atoms with van der Waals surface area (Å²) in [5.41, 5.74) is 1.07. The van der Waals surface area contributed by atoms with Gasteiger partial charge in [0.1, 0.15) is 0 Å². The number of hydrogen-bond acceptors (Lipinski definition) is 3. The fourth-order valence-corrected chi connectivity index (χ4v) is 3.08. The van der Waals surface area contributed by atoms with Crippen molar-refractivity contribution in [2.75, 3.05) is 11.9 Å². The molecule has 0 spiro atoms. The Labute approximate surface area is 113 Å². The number of aromatic nitrogens is 2. The minimum absolute atomic E-state index is 0.408. The molecule has 0 bridgehead atoms. The summed E-state index contributed by atoms with van der Waals surface area (Å²) in [5.74, 6) is 0.988. The zero-order valence-electron chi connectivity index (χ0n) is 11.3. The van der Waals surface area contributed by atoms with Crippen LogP contribution in [0.1, 0.15) is 43.3 Å². The molecular weight excluding hydrogens is 242 g/mol. The van der Waals surface area contributed by atoms with E-state index in [4.69, 9.17) is 0 Å². The van der Waals surface area contributed by atoms with Gasteiger partial charge in [0, 0.05) is 17.6 Å². The highest BCUT2D eigenvalue weighted by Crippen LogP contribution is 2.30. The number of hydrogen-bond donors (Lipinski definition) is 1. The molecule has 0 amide bonds. The summed E-state index contributed by atoms with van der Waals surface area (Å²) in [4.78, 5) is 5.98. The summed E-state index contributed by atoms with van der Waals surface area (Å²) >= 11 is 1.83. The maximum atomic E-state index is 4.57. The topological polar surface area (TPSA) is 29.9 Å². The van der Waals surface area contributed by atoms with Crippen LogP contribution in [0.3, 0.4) is 0 Å². The molecule has 98 valence electrons. The minimum Gasteiger partial charge on any atom is -0.356 e. The zero-order chi connectivity index (χ0) is 13.0. The first kappa shape index (κ1) is 13.1. The quantitative estimate of drug-likeness (QED) is 0.851. The van der Waals surface area contributed by atoms with Gasteiger partial charge >= 0.3 is 0 Å². The number of nitrogens with zero attached hydrogens (tertiary/aromatic N) is 2. The molecule has 0 aliphatic carbocycles. The number of imidazole rings is 1. The lowest BCUT2D eigenvalue weighted by Gasteiger charge is -2.19. The van der Waals surface area contributed by atoms with Crippen molar-refractivity contribution in [1.82, 2.24) is 9.55 Å². The summed E-state index contributed by atoms with van der Waals surface area (Å²) in [7, 11) is 0. The molecule has 0 aliphatic heterocycles. The van der Waals surface area contributed by atoms with E-state index in [-0.39, 0.29) is 0 Å². The second-order valence-corrected chi connectivity index (χ2v) is 5.44. The predicted molar refractivity (Wildman–Crippen MR) is 78.5 cm³/mol. The van der Waals surface area contributed by atoms with Gasteiger partial charge in [-0.15, -0.1) is 11.3 Å². The number of nitrogens with one attached hydrogen (secondary N) is 1. The summed E-state index contributed by atoms with van der Waals surface area (Å²) < 4.78 is 2.29. The lowest BCUT2D eigenvalue weighted by Crippen LogP contribution is -2.13. The van der Waals surface area contributed by atoms with Gasteiger partial charge in [-0.2, -0.15) is 0 Å². The van der Waals surface area contributed by atoms with Crippen molar-refractivity contribution in [1.29, 1.82) is 0 Å². The van der Waals surface area contributed by atoms with Gasteiger partial charge in [0.25, 0.3) is 0 Å². The van der Waals surface area contributed by atoms with Gasteiger partial charge in [0.05, 0.1) is 11.7 Å². The largest absolute Gasteiger partial charge is 0.356 e. The second-order valence-electron chi connectivity index (χ2n) is 4.46. The van der Waals surface area contributed by atoms with Crippen molar-refractivity contribution >= 4 is 17.3 Å². The second kappa shape index (κ2) is 6.05. The van der Waals surface area contributed by atoms with Crippen LogP contribution in [0.5, 0.6) is 0 Å². The maximum Gasteiger partial charge on any atom is 0.203 e. The molecule has 1 N–H and O–H groups in total. The van der Waals surface area contributed by atoms with Crippen LogP contribution >= 0.6 is 11.3 Å². The van der Waals surface area contributed by atoms with Crippen LogP contribution in [-0.4, -0.2) is 16.1 Å². The van der Waals surface area contributed by atoms with Gasteiger partial charge in [0.15, 0.2) is 0 Å². The standard InChI is InChI=1S/C14H21N3S/c1-4-7-12(13-8-6-9-18-13)17-10-11(3)16-14(17)15-5-2/h6,8-10,12H,4-5,7H2,1-3H3,(H,15,16). The van der Waals surface area contributed by atoms with E-state index in [1.54, 1.807) is 0 Å². The van der Waals surface area contributed by atoms with Crippen molar-refractivity contribution in [3.63, 3.8) is 0 Å². The van der Waals surface area contributed by atoms with E-state index >= 15 is 0 Å². The average molecular weight is 263 g/mol. The molecule has 0 fully saturated rings. The molecule has 0 radical (unpaired) electrons. The van der Waals surface area contributed by atoms with Crippen LogP contribution in [0.2, 0.25) is 0 Å². The first-order valence-electron chi connectivity index (χ1n) is 6.59. The third-order valence-electron chi connectivity index (χ3n) is 2.96. The molecule has 1 unspecified atom stereocenters. The highest BCUT2D eigenvalue weighted by molar-refractivity contribution is 7.10. The molecule has 3 nitrogen and oxygen atoms in total. The minimum atomic E-state index is 0.408. The molecule has 0 saturated heterocycles.